The topological polar surface area (TPSA) is 61.3 Å². The SMILES string of the molecule is Nc1noc(CCC2CCCCO2)c1-c1ccc(F)cc1. The van der Waals surface area contributed by atoms with Crippen LogP contribution in [0.15, 0.2) is 28.8 Å². The lowest BCUT2D eigenvalue weighted by Crippen LogP contribution is -2.19. The molecule has 5 heteroatoms. The van der Waals surface area contributed by atoms with Gasteiger partial charge in [0, 0.05) is 13.0 Å². The van der Waals surface area contributed by atoms with Crippen LogP contribution in [0.4, 0.5) is 10.2 Å². The number of anilines is 1. The Labute approximate surface area is 123 Å². The molecule has 2 heterocycles. The zero-order valence-electron chi connectivity index (χ0n) is 11.8. The third-order valence-corrected chi connectivity index (χ3v) is 3.89. The second-order valence-corrected chi connectivity index (χ2v) is 5.40. The van der Waals surface area contributed by atoms with Gasteiger partial charge in [0.25, 0.3) is 0 Å². The number of halogens is 1. The van der Waals surface area contributed by atoms with Gasteiger partial charge in [-0.15, -0.1) is 0 Å². The van der Waals surface area contributed by atoms with Gasteiger partial charge >= 0.3 is 0 Å². The lowest BCUT2D eigenvalue weighted by atomic mass is 10.00. The highest BCUT2D eigenvalue weighted by Crippen LogP contribution is 2.31. The number of benzene rings is 1. The second-order valence-electron chi connectivity index (χ2n) is 5.40. The standard InChI is InChI=1S/C16H19FN2O2/c17-12-6-4-11(5-7-12)15-14(21-19-16(15)18)9-8-13-3-1-2-10-20-13/h4-7,13H,1-3,8-10H2,(H2,18,19). The highest BCUT2D eigenvalue weighted by molar-refractivity contribution is 5.75. The number of nitrogens with zero attached hydrogens (tertiary/aromatic N) is 1. The summed E-state index contributed by atoms with van der Waals surface area (Å²) in [6.07, 6.45) is 5.35. The summed E-state index contributed by atoms with van der Waals surface area (Å²) in [4.78, 5) is 0. The Bertz CT molecular complexity index is 589. The third kappa shape index (κ3) is 3.24. The summed E-state index contributed by atoms with van der Waals surface area (Å²) >= 11 is 0. The zero-order valence-corrected chi connectivity index (χ0v) is 11.8. The molecule has 0 amide bonds. The van der Waals surface area contributed by atoms with E-state index in [1.807, 2.05) is 0 Å². The number of ether oxygens (including phenoxy) is 1. The van der Waals surface area contributed by atoms with Gasteiger partial charge in [0.05, 0.1) is 11.7 Å². The summed E-state index contributed by atoms with van der Waals surface area (Å²) in [5.41, 5.74) is 7.49. The van der Waals surface area contributed by atoms with Crippen LogP contribution in [0, 0.1) is 5.82 Å². The number of aromatic nitrogens is 1. The molecule has 1 saturated heterocycles. The maximum Gasteiger partial charge on any atom is 0.175 e. The van der Waals surface area contributed by atoms with Crippen molar-refractivity contribution >= 4 is 5.82 Å². The summed E-state index contributed by atoms with van der Waals surface area (Å²) in [6, 6.07) is 6.21. The Balaban J connectivity index is 1.75. The average Bonchev–Trinajstić information content (AvgIpc) is 2.88. The van der Waals surface area contributed by atoms with E-state index in [0.29, 0.717) is 5.82 Å². The Kier molecular flexibility index (Phi) is 4.20. The fourth-order valence-electron chi connectivity index (χ4n) is 2.76. The maximum absolute atomic E-state index is 13.0. The lowest BCUT2D eigenvalue weighted by molar-refractivity contribution is 0.0106. The summed E-state index contributed by atoms with van der Waals surface area (Å²) in [5.74, 6) is 0.820. The molecule has 2 N–H and O–H groups in total. The van der Waals surface area contributed by atoms with Crippen LogP contribution in [0.1, 0.15) is 31.4 Å². The van der Waals surface area contributed by atoms with Crippen molar-refractivity contribution in [1.82, 2.24) is 5.16 Å². The molecule has 1 aliphatic rings. The molecule has 0 radical (unpaired) electrons. The molecule has 0 aliphatic carbocycles. The van der Waals surface area contributed by atoms with E-state index in [4.69, 9.17) is 15.0 Å². The summed E-state index contributed by atoms with van der Waals surface area (Å²) < 4.78 is 24.1. The summed E-state index contributed by atoms with van der Waals surface area (Å²) in [5, 5.41) is 3.85. The van der Waals surface area contributed by atoms with Crippen molar-refractivity contribution in [2.24, 2.45) is 0 Å². The molecule has 1 fully saturated rings. The van der Waals surface area contributed by atoms with Gasteiger partial charge in [0.2, 0.25) is 0 Å². The molecular weight excluding hydrogens is 271 g/mol. The molecule has 0 saturated carbocycles. The van der Waals surface area contributed by atoms with E-state index in [2.05, 4.69) is 5.16 Å². The minimum atomic E-state index is -0.272. The van der Waals surface area contributed by atoms with Crippen molar-refractivity contribution in [3.8, 4) is 11.1 Å². The van der Waals surface area contributed by atoms with Crippen LogP contribution < -0.4 is 5.73 Å². The molecule has 4 nitrogen and oxygen atoms in total. The number of aryl methyl sites for hydroxylation is 1. The van der Waals surface area contributed by atoms with E-state index in [1.165, 1.54) is 18.6 Å². The van der Waals surface area contributed by atoms with Crippen LogP contribution in [0.25, 0.3) is 11.1 Å². The van der Waals surface area contributed by atoms with Gasteiger partial charge in [-0.25, -0.2) is 4.39 Å². The van der Waals surface area contributed by atoms with Crippen molar-refractivity contribution < 1.29 is 13.7 Å². The van der Waals surface area contributed by atoms with Crippen molar-refractivity contribution in [2.75, 3.05) is 12.3 Å². The van der Waals surface area contributed by atoms with Gasteiger partial charge in [0.15, 0.2) is 5.82 Å². The molecule has 0 bridgehead atoms. The Hall–Kier alpha value is -1.88. The molecule has 1 aromatic heterocycles. The van der Waals surface area contributed by atoms with Crippen molar-refractivity contribution in [2.45, 2.75) is 38.2 Å². The molecule has 3 rings (SSSR count). The fourth-order valence-corrected chi connectivity index (χ4v) is 2.76. The smallest absolute Gasteiger partial charge is 0.175 e. The van der Waals surface area contributed by atoms with E-state index in [-0.39, 0.29) is 11.9 Å². The van der Waals surface area contributed by atoms with E-state index in [0.717, 1.165) is 49.2 Å². The molecule has 0 spiro atoms. The first-order chi connectivity index (χ1) is 10.2. The van der Waals surface area contributed by atoms with E-state index in [1.54, 1.807) is 12.1 Å². The van der Waals surface area contributed by atoms with Gasteiger partial charge in [-0.1, -0.05) is 17.3 Å². The van der Waals surface area contributed by atoms with Crippen molar-refractivity contribution in [3.05, 3.63) is 35.8 Å². The average molecular weight is 290 g/mol. The largest absolute Gasteiger partial charge is 0.380 e. The monoisotopic (exact) mass is 290 g/mol. The lowest BCUT2D eigenvalue weighted by Gasteiger charge is -2.22. The molecule has 1 aliphatic heterocycles. The van der Waals surface area contributed by atoms with E-state index < -0.39 is 0 Å². The highest BCUT2D eigenvalue weighted by Gasteiger charge is 2.19. The van der Waals surface area contributed by atoms with Crippen molar-refractivity contribution in [1.29, 1.82) is 0 Å². The molecule has 2 aromatic rings. The highest BCUT2D eigenvalue weighted by atomic mass is 19.1. The van der Waals surface area contributed by atoms with Gasteiger partial charge in [-0.3, -0.25) is 0 Å². The van der Waals surface area contributed by atoms with Crippen LogP contribution in [0.3, 0.4) is 0 Å². The Morgan fingerprint density at radius 2 is 2.05 bits per heavy atom. The predicted octanol–water partition coefficient (Wildman–Crippen LogP) is 3.56. The van der Waals surface area contributed by atoms with Gasteiger partial charge < -0.3 is 15.0 Å². The van der Waals surface area contributed by atoms with Crippen molar-refractivity contribution in [3.63, 3.8) is 0 Å². The van der Waals surface area contributed by atoms with Gasteiger partial charge in [0.1, 0.15) is 11.6 Å². The van der Waals surface area contributed by atoms with E-state index in [9.17, 15) is 4.39 Å². The molecule has 21 heavy (non-hydrogen) atoms. The Morgan fingerprint density at radius 1 is 1.24 bits per heavy atom. The number of nitrogens with two attached hydrogens (primary N) is 1. The molecule has 112 valence electrons. The number of hydrogen-bond donors (Lipinski definition) is 1. The molecular formula is C16H19FN2O2. The fraction of sp³-hybridized carbons (Fsp3) is 0.438. The van der Waals surface area contributed by atoms with Crippen LogP contribution in [-0.2, 0) is 11.2 Å². The van der Waals surface area contributed by atoms with Gasteiger partial charge in [-0.05, 0) is 43.4 Å². The molecule has 1 aromatic carbocycles. The zero-order chi connectivity index (χ0) is 14.7. The Morgan fingerprint density at radius 3 is 2.76 bits per heavy atom. The van der Waals surface area contributed by atoms with E-state index >= 15 is 0 Å². The quantitative estimate of drug-likeness (QED) is 0.935. The number of hydrogen-bond acceptors (Lipinski definition) is 4. The van der Waals surface area contributed by atoms with Gasteiger partial charge in [-0.2, -0.15) is 0 Å². The number of nitrogen functional groups attached to an aromatic ring is 1. The molecule has 1 unspecified atom stereocenters. The first-order valence-electron chi connectivity index (χ1n) is 7.35. The third-order valence-electron chi connectivity index (χ3n) is 3.89. The number of rotatable bonds is 4. The first kappa shape index (κ1) is 14.1. The van der Waals surface area contributed by atoms with Crippen LogP contribution >= 0.6 is 0 Å². The maximum atomic E-state index is 13.0. The normalized spacial score (nSPS) is 18.8. The summed E-state index contributed by atoms with van der Waals surface area (Å²) in [6.45, 7) is 0.841. The van der Waals surface area contributed by atoms with Crippen LogP contribution in [-0.4, -0.2) is 17.9 Å². The predicted molar refractivity (Wildman–Crippen MR) is 78.2 cm³/mol. The minimum Gasteiger partial charge on any atom is -0.380 e. The minimum absolute atomic E-state index is 0.272. The van der Waals surface area contributed by atoms with Crippen LogP contribution in [0.5, 0.6) is 0 Å². The first-order valence-corrected chi connectivity index (χ1v) is 7.35. The second kappa shape index (κ2) is 6.26. The molecule has 1 atom stereocenters. The summed E-state index contributed by atoms with van der Waals surface area (Å²) in [7, 11) is 0. The van der Waals surface area contributed by atoms with Crippen LogP contribution in [0.2, 0.25) is 0 Å².